The van der Waals surface area contributed by atoms with Crippen molar-refractivity contribution >= 4 is 0 Å². The summed E-state index contributed by atoms with van der Waals surface area (Å²) in [6.45, 7) is 2.05. The molecule has 0 aliphatic carbocycles. The molecule has 1 heterocycles. The maximum atomic E-state index is 12.8. The van der Waals surface area contributed by atoms with Crippen molar-refractivity contribution in [2.45, 2.75) is 6.92 Å². The van der Waals surface area contributed by atoms with Crippen molar-refractivity contribution in [3.63, 3.8) is 0 Å². The summed E-state index contributed by atoms with van der Waals surface area (Å²) in [5, 5.41) is 3.01. The lowest BCUT2D eigenvalue weighted by Crippen LogP contribution is -2.05. The van der Waals surface area contributed by atoms with Crippen LogP contribution in [0, 0.1) is 6.92 Å². The van der Waals surface area contributed by atoms with E-state index in [2.05, 4.69) is 11.2 Å². The van der Waals surface area contributed by atoms with Gasteiger partial charge < -0.3 is 0 Å². The summed E-state index contributed by atoms with van der Waals surface area (Å²) in [6.07, 6.45) is 0. The monoisotopic (exact) mass is 326 g/mol. The van der Waals surface area contributed by atoms with Crippen molar-refractivity contribution < 1.29 is 0 Å². The Morgan fingerprint density at radius 3 is 2.04 bits per heavy atom. The van der Waals surface area contributed by atoms with E-state index in [4.69, 9.17) is 0 Å². The second-order valence-electron chi connectivity index (χ2n) is 6.07. The summed E-state index contributed by atoms with van der Waals surface area (Å²) in [7, 11) is 0. The predicted molar refractivity (Wildman–Crippen MR) is 102 cm³/mol. The molecular weight excluding hydrogens is 308 g/mol. The van der Waals surface area contributed by atoms with Crippen LogP contribution in [0.2, 0.25) is 0 Å². The van der Waals surface area contributed by atoms with Gasteiger partial charge >= 0.3 is 0 Å². The lowest BCUT2D eigenvalue weighted by atomic mass is 10.0. The highest BCUT2D eigenvalue weighted by atomic mass is 16.1. The summed E-state index contributed by atoms with van der Waals surface area (Å²) >= 11 is 0. The van der Waals surface area contributed by atoms with Crippen molar-refractivity contribution in [1.82, 2.24) is 9.78 Å². The first-order valence-corrected chi connectivity index (χ1v) is 8.27. The Bertz CT molecular complexity index is 1060. The lowest BCUT2D eigenvalue weighted by molar-refractivity contribution is 0.869. The van der Waals surface area contributed by atoms with Crippen LogP contribution in [0.4, 0.5) is 0 Å². The zero-order valence-corrected chi connectivity index (χ0v) is 13.9. The fourth-order valence-corrected chi connectivity index (χ4v) is 3.14. The SMILES string of the molecule is Cc1cccc(-n2[nH]c(=O)c(-c3ccccc3)c2-c2ccccc2)c1. The second-order valence-corrected chi connectivity index (χ2v) is 6.07. The first-order valence-electron chi connectivity index (χ1n) is 8.27. The van der Waals surface area contributed by atoms with Gasteiger partial charge in [0.05, 0.1) is 16.9 Å². The van der Waals surface area contributed by atoms with Crippen LogP contribution >= 0.6 is 0 Å². The highest BCUT2D eigenvalue weighted by Crippen LogP contribution is 2.31. The zero-order valence-electron chi connectivity index (χ0n) is 13.9. The molecule has 0 radical (unpaired) electrons. The molecule has 4 aromatic rings. The van der Waals surface area contributed by atoms with E-state index in [1.807, 2.05) is 90.5 Å². The molecule has 0 fully saturated rings. The van der Waals surface area contributed by atoms with E-state index >= 15 is 0 Å². The molecule has 1 aromatic heterocycles. The molecule has 0 unspecified atom stereocenters. The van der Waals surface area contributed by atoms with Crippen LogP contribution in [0.15, 0.2) is 89.7 Å². The van der Waals surface area contributed by atoms with Crippen LogP contribution in [-0.4, -0.2) is 9.78 Å². The fraction of sp³-hybridized carbons (Fsp3) is 0.0455. The number of aromatic amines is 1. The maximum absolute atomic E-state index is 12.8. The minimum Gasteiger partial charge on any atom is -0.267 e. The number of aryl methyl sites for hydroxylation is 1. The fourth-order valence-electron chi connectivity index (χ4n) is 3.14. The molecule has 25 heavy (non-hydrogen) atoms. The van der Waals surface area contributed by atoms with Gasteiger partial charge in [-0.05, 0) is 30.2 Å². The predicted octanol–water partition coefficient (Wildman–Crippen LogP) is 4.81. The quantitative estimate of drug-likeness (QED) is 0.576. The summed E-state index contributed by atoms with van der Waals surface area (Å²) < 4.78 is 1.88. The Morgan fingerprint density at radius 1 is 0.760 bits per heavy atom. The number of aromatic nitrogens is 2. The molecule has 0 atom stereocenters. The normalized spacial score (nSPS) is 10.8. The lowest BCUT2D eigenvalue weighted by Gasteiger charge is -2.11. The first kappa shape index (κ1) is 15.2. The van der Waals surface area contributed by atoms with E-state index in [-0.39, 0.29) is 5.56 Å². The number of nitrogens with one attached hydrogen (secondary N) is 1. The largest absolute Gasteiger partial charge is 0.272 e. The van der Waals surface area contributed by atoms with Crippen LogP contribution in [-0.2, 0) is 0 Å². The minimum atomic E-state index is -0.0911. The van der Waals surface area contributed by atoms with Crippen molar-refractivity contribution in [3.8, 4) is 28.1 Å². The molecule has 0 aliphatic rings. The number of hydrogen-bond donors (Lipinski definition) is 1. The van der Waals surface area contributed by atoms with Crippen LogP contribution < -0.4 is 5.56 Å². The Morgan fingerprint density at radius 2 is 1.40 bits per heavy atom. The third-order valence-electron chi connectivity index (χ3n) is 4.27. The molecule has 0 saturated heterocycles. The van der Waals surface area contributed by atoms with E-state index in [0.717, 1.165) is 28.1 Å². The Kier molecular flexibility index (Phi) is 3.82. The van der Waals surface area contributed by atoms with E-state index in [1.54, 1.807) is 0 Å². The molecule has 4 rings (SSSR count). The smallest absolute Gasteiger partial charge is 0.267 e. The van der Waals surface area contributed by atoms with Gasteiger partial charge in [-0.15, -0.1) is 0 Å². The van der Waals surface area contributed by atoms with Crippen molar-refractivity contribution in [3.05, 3.63) is 101 Å². The third kappa shape index (κ3) is 2.81. The number of H-pyrrole nitrogens is 1. The minimum absolute atomic E-state index is 0.0911. The molecule has 3 aromatic carbocycles. The molecule has 3 heteroatoms. The maximum Gasteiger partial charge on any atom is 0.272 e. The van der Waals surface area contributed by atoms with E-state index in [1.165, 1.54) is 0 Å². The number of nitrogens with zero attached hydrogens (tertiary/aromatic N) is 1. The standard InChI is InChI=1S/C22H18N2O/c1-16-9-8-14-19(15-16)24-21(18-12-6-3-7-13-18)20(22(25)23-24)17-10-4-2-5-11-17/h2-15H,1H3,(H,23,25). The third-order valence-corrected chi connectivity index (χ3v) is 4.27. The van der Waals surface area contributed by atoms with Crippen LogP contribution in [0.5, 0.6) is 0 Å². The van der Waals surface area contributed by atoms with Gasteiger partial charge in [-0.3, -0.25) is 14.6 Å². The Hall–Kier alpha value is -3.33. The van der Waals surface area contributed by atoms with Gasteiger partial charge in [0.1, 0.15) is 0 Å². The molecule has 0 saturated carbocycles. The Balaban J connectivity index is 2.05. The molecule has 0 aliphatic heterocycles. The molecule has 3 nitrogen and oxygen atoms in total. The average molecular weight is 326 g/mol. The van der Waals surface area contributed by atoms with Gasteiger partial charge in [0.2, 0.25) is 0 Å². The highest BCUT2D eigenvalue weighted by Gasteiger charge is 2.19. The van der Waals surface area contributed by atoms with Gasteiger partial charge in [0.25, 0.3) is 5.56 Å². The zero-order chi connectivity index (χ0) is 17.2. The summed E-state index contributed by atoms with van der Waals surface area (Å²) in [6, 6.07) is 27.9. The number of benzene rings is 3. The molecule has 0 amide bonds. The van der Waals surface area contributed by atoms with Gasteiger partial charge in [0.15, 0.2) is 0 Å². The average Bonchev–Trinajstić information content (AvgIpc) is 3.00. The van der Waals surface area contributed by atoms with E-state index < -0.39 is 0 Å². The summed E-state index contributed by atoms with van der Waals surface area (Å²) in [5.74, 6) is 0. The van der Waals surface area contributed by atoms with Gasteiger partial charge in [0, 0.05) is 5.56 Å². The van der Waals surface area contributed by atoms with Crippen molar-refractivity contribution in [2.75, 3.05) is 0 Å². The Labute approximate surface area is 146 Å². The van der Waals surface area contributed by atoms with E-state index in [9.17, 15) is 4.79 Å². The van der Waals surface area contributed by atoms with Crippen LogP contribution in [0.1, 0.15) is 5.56 Å². The summed E-state index contributed by atoms with van der Waals surface area (Å²) in [5.41, 5.74) is 5.47. The molecule has 0 spiro atoms. The molecular formula is C22H18N2O. The van der Waals surface area contributed by atoms with Crippen LogP contribution in [0.3, 0.4) is 0 Å². The van der Waals surface area contributed by atoms with Gasteiger partial charge in [-0.2, -0.15) is 0 Å². The summed E-state index contributed by atoms with van der Waals surface area (Å²) in [4.78, 5) is 12.8. The number of rotatable bonds is 3. The van der Waals surface area contributed by atoms with Crippen LogP contribution in [0.25, 0.3) is 28.1 Å². The van der Waals surface area contributed by atoms with Gasteiger partial charge in [-0.25, -0.2) is 0 Å². The van der Waals surface area contributed by atoms with E-state index in [0.29, 0.717) is 5.56 Å². The van der Waals surface area contributed by atoms with Crippen molar-refractivity contribution in [1.29, 1.82) is 0 Å². The topological polar surface area (TPSA) is 37.8 Å². The highest BCUT2D eigenvalue weighted by molar-refractivity contribution is 5.81. The number of hydrogen-bond acceptors (Lipinski definition) is 1. The first-order chi connectivity index (χ1) is 12.2. The van der Waals surface area contributed by atoms with Gasteiger partial charge in [-0.1, -0.05) is 72.8 Å². The second kappa shape index (κ2) is 6.29. The molecule has 1 N–H and O–H groups in total. The molecule has 0 bridgehead atoms. The van der Waals surface area contributed by atoms with Crippen molar-refractivity contribution in [2.24, 2.45) is 0 Å². The molecule has 122 valence electrons.